The van der Waals surface area contributed by atoms with E-state index in [0.717, 1.165) is 70.3 Å². The number of nitrogens with one attached hydrogen (secondary N) is 3. The van der Waals surface area contributed by atoms with Gasteiger partial charge in [-0.3, -0.25) is 9.59 Å². The average Bonchev–Trinajstić information content (AvgIpc) is 3.01. The van der Waals surface area contributed by atoms with Crippen molar-refractivity contribution in [3.05, 3.63) is 65.7 Å². The van der Waals surface area contributed by atoms with Gasteiger partial charge >= 0.3 is 6.03 Å². The fourth-order valence-electron chi connectivity index (χ4n) is 6.18. The summed E-state index contributed by atoms with van der Waals surface area (Å²) in [4.78, 5) is 43.8. The van der Waals surface area contributed by atoms with Gasteiger partial charge in [-0.05, 0) is 81.0 Å². The van der Waals surface area contributed by atoms with E-state index in [0.29, 0.717) is 32.4 Å². The number of nitrogens with zero attached hydrogens (tertiary/aromatic N) is 2. The first-order valence-electron chi connectivity index (χ1n) is 16.0. The fourth-order valence-corrected chi connectivity index (χ4v) is 6.18. The van der Waals surface area contributed by atoms with E-state index in [1.54, 1.807) is 0 Å². The molecule has 2 aliphatic rings. The van der Waals surface area contributed by atoms with Crippen LogP contribution in [0.5, 0.6) is 0 Å². The van der Waals surface area contributed by atoms with Crippen molar-refractivity contribution in [3.63, 3.8) is 0 Å². The second kappa shape index (κ2) is 15.7. The number of aryl methyl sites for hydroxylation is 1. The van der Waals surface area contributed by atoms with Crippen molar-refractivity contribution in [3.8, 4) is 0 Å². The Balaban J connectivity index is 1.19. The highest BCUT2D eigenvalue weighted by Crippen LogP contribution is 2.34. The Hall–Kier alpha value is -3.39. The highest BCUT2D eigenvalue weighted by Gasteiger charge is 2.52. The summed E-state index contributed by atoms with van der Waals surface area (Å²) in [6.07, 6.45) is 8.59. The standard InChI is InChI=1S/C34H49N5O3/c1-3-5-11-28-15-17-29(18-16-28)36-33(42)35-22-10-9-14-30-31(40)39(23-4-2)34(32(41)37-30)20-25-38(26-21-34)24-19-27-12-7-6-8-13-27/h6-8,12-13,15-18,30H,3-5,9-11,14,19-26H2,1-2H3,(H,37,41)(H2,35,36,42)/t30-/m0/s1. The molecule has 0 aliphatic carbocycles. The molecule has 0 unspecified atom stereocenters. The molecule has 1 atom stereocenters. The number of likely N-dealkylation sites (tertiary alicyclic amines) is 1. The maximum absolute atomic E-state index is 13.6. The predicted octanol–water partition coefficient (Wildman–Crippen LogP) is 5.14. The van der Waals surface area contributed by atoms with Crippen LogP contribution in [-0.2, 0) is 22.4 Å². The summed E-state index contributed by atoms with van der Waals surface area (Å²) in [5.41, 5.74) is 2.64. The molecule has 4 rings (SSSR count). The zero-order valence-electron chi connectivity index (χ0n) is 25.5. The maximum atomic E-state index is 13.6. The lowest BCUT2D eigenvalue weighted by atomic mass is 9.81. The summed E-state index contributed by atoms with van der Waals surface area (Å²) in [6.45, 7) is 7.95. The predicted molar refractivity (Wildman–Crippen MR) is 168 cm³/mol. The SMILES string of the molecule is CCCCc1ccc(NC(=O)NCCCC[C@@H]2NC(=O)C3(CCN(CCc4ccccc4)CC3)N(CCC)C2=O)cc1. The van der Waals surface area contributed by atoms with Crippen molar-refractivity contribution in [2.75, 3.05) is 38.0 Å². The van der Waals surface area contributed by atoms with Gasteiger partial charge in [0.05, 0.1) is 0 Å². The summed E-state index contributed by atoms with van der Waals surface area (Å²) < 4.78 is 0. The molecule has 8 heteroatoms. The molecule has 0 aromatic heterocycles. The molecule has 0 radical (unpaired) electrons. The summed E-state index contributed by atoms with van der Waals surface area (Å²) >= 11 is 0. The van der Waals surface area contributed by atoms with Crippen LogP contribution in [0.3, 0.4) is 0 Å². The lowest BCUT2D eigenvalue weighted by Crippen LogP contribution is -2.72. The van der Waals surface area contributed by atoms with Crippen molar-refractivity contribution >= 4 is 23.5 Å². The summed E-state index contributed by atoms with van der Waals surface area (Å²) in [5, 5.41) is 8.87. The Morgan fingerprint density at radius 3 is 2.29 bits per heavy atom. The van der Waals surface area contributed by atoms with Gasteiger partial charge in [0.2, 0.25) is 11.8 Å². The van der Waals surface area contributed by atoms with Crippen LogP contribution in [0.4, 0.5) is 10.5 Å². The molecule has 2 saturated heterocycles. The number of carbonyl (C=O) groups excluding carboxylic acids is 3. The molecule has 4 amide bonds. The van der Waals surface area contributed by atoms with Gasteiger partial charge in [-0.15, -0.1) is 0 Å². The topological polar surface area (TPSA) is 93.8 Å². The third kappa shape index (κ3) is 8.34. The van der Waals surface area contributed by atoms with E-state index >= 15 is 0 Å². The van der Waals surface area contributed by atoms with Crippen LogP contribution in [0.25, 0.3) is 0 Å². The van der Waals surface area contributed by atoms with Crippen LogP contribution in [0.2, 0.25) is 0 Å². The van der Waals surface area contributed by atoms with Crippen LogP contribution in [0, 0.1) is 0 Å². The number of piperidine rings is 1. The van der Waals surface area contributed by atoms with Crippen molar-refractivity contribution in [1.82, 2.24) is 20.4 Å². The molecule has 1 spiro atoms. The van der Waals surface area contributed by atoms with Crippen LogP contribution in [0.1, 0.15) is 76.3 Å². The Bertz CT molecular complexity index is 1150. The van der Waals surface area contributed by atoms with Crippen LogP contribution < -0.4 is 16.0 Å². The summed E-state index contributed by atoms with van der Waals surface area (Å²) in [6, 6.07) is 17.7. The number of rotatable bonds is 14. The molecule has 3 N–H and O–H groups in total. The molecule has 2 aliphatic heterocycles. The minimum Gasteiger partial charge on any atom is -0.342 e. The molecule has 2 aromatic carbocycles. The second-order valence-electron chi connectivity index (χ2n) is 11.8. The van der Waals surface area contributed by atoms with Gasteiger partial charge in [-0.25, -0.2) is 4.79 Å². The molecular formula is C34H49N5O3. The van der Waals surface area contributed by atoms with Gasteiger partial charge in [0.1, 0.15) is 11.6 Å². The number of hydrogen-bond donors (Lipinski definition) is 3. The zero-order valence-corrected chi connectivity index (χ0v) is 25.5. The smallest absolute Gasteiger partial charge is 0.319 e. The van der Waals surface area contributed by atoms with Crippen molar-refractivity contribution < 1.29 is 14.4 Å². The van der Waals surface area contributed by atoms with E-state index in [-0.39, 0.29) is 17.8 Å². The highest BCUT2D eigenvalue weighted by atomic mass is 16.2. The van der Waals surface area contributed by atoms with E-state index in [1.165, 1.54) is 11.1 Å². The molecule has 2 aromatic rings. The Labute approximate surface area is 251 Å². The molecule has 228 valence electrons. The second-order valence-corrected chi connectivity index (χ2v) is 11.8. The van der Waals surface area contributed by atoms with Crippen molar-refractivity contribution in [2.45, 2.75) is 89.6 Å². The van der Waals surface area contributed by atoms with E-state index in [1.807, 2.05) is 23.1 Å². The van der Waals surface area contributed by atoms with E-state index < -0.39 is 11.6 Å². The average molecular weight is 576 g/mol. The first-order chi connectivity index (χ1) is 20.4. The van der Waals surface area contributed by atoms with Gasteiger partial charge in [0, 0.05) is 38.4 Å². The summed E-state index contributed by atoms with van der Waals surface area (Å²) in [7, 11) is 0. The molecule has 8 nitrogen and oxygen atoms in total. The number of unbranched alkanes of at least 4 members (excludes halogenated alkanes) is 2. The van der Waals surface area contributed by atoms with Gasteiger partial charge in [0.25, 0.3) is 0 Å². The van der Waals surface area contributed by atoms with Gasteiger partial charge in [-0.2, -0.15) is 0 Å². The Morgan fingerprint density at radius 1 is 0.881 bits per heavy atom. The van der Waals surface area contributed by atoms with Crippen molar-refractivity contribution in [1.29, 1.82) is 0 Å². The van der Waals surface area contributed by atoms with Gasteiger partial charge < -0.3 is 25.8 Å². The molecule has 2 heterocycles. The molecular weight excluding hydrogens is 526 g/mol. The minimum atomic E-state index is -0.735. The van der Waals surface area contributed by atoms with Gasteiger partial charge in [0.15, 0.2) is 0 Å². The van der Waals surface area contributed by atoms with Crippen molar-refractivity contribution in [2.24, 2.45) is 0 Å². The lowest BCUT2D eigenvalue weighted by molar-refractivity contribution is -0.161. The number of amides is 4. The summed E-state index contributed by atoms with van der Waals surface area (Å²) in [5.74, 6) is 0.0451. The van der Waals surface area contributed by atoms with Crippen LogP contribution >= 0.6 is 0 Å². The quantitative estimate of drug-likeness (QED) is 0.272. The highest BCUT2D eigenvalue weighted by molar-refractivity contribution is 6.00. The zero-order chi connectivity index (χ0) is 29.8. The van der Waals surface area contributed by atoms with Crippen LogP contribution in [-0.4, -0.2) is 71.9 Å². The third-order valence-corrected chi connectivity index (χ3v) is 8.73. The Kier molecular flexibility index (Phi) is 11.8. The molecule has 42 heavy (non-hydrogen) atoms. The van der Waals surface area contributed by atoms with E-state index in [9.17, 15) is 14.4 Å². The maximum Gasteiger partial charge on any atom is 0.319 e. The lowest BCUT2D eigenvalue weighted by Gasteiger charge is -2.51. The van der Waals surface area contributed by atoms with E-state index in [4.69, 9.17) is 0 Å². The number of hydrogen-bond acceptors (Lipinski definition) is 4. The minimum absolute atomic E-state index is 0.00137. The molecule has 0 bridgehead atoms. The largest absolute Gasteiger partial charge is 0.342 e. The number of anilines is 1. The Morgan fingerprint density at radius 2 is 1.60 bits per heavy atom. The molecule has 2 fully saturated rings. The monoisotopic (exact) mass is 575 g/mol. The third-order valence-electron chi connectivity index (χ3n) is 8.73. The van der Waals surface area contributed by atoms with Gasteiger partial charge in [-0.1, -0.05) is 62.7 Å². The normalized spacial score (nSPS) is 18.6. The van der Waals surface area contributed by atoms with E-state index in [2.05, 4.69) is 71.1 Å². The fraction of sp³-hybridized carbons (Fsp3) is 0.559. The number of piperazine rings is 1. The first-order valence-corrected chi connectivity index (χ1v) is 16.0. The number of carbonyl (C=O) groups is 3. The number of urea groups is 1. The number of benzene rings is 2. The van der Waals surface area contributed by atoms with Crippen LogP contribution in [0.15, 0.2) is 54.6 Å². The molecule has 0 saturated carbocycles. The first kappa shape index (κ1) is 31.5.